The third kappa shape index (κ3) is 2.27. The number of furan rings is 1. The van der Waals surface area contributed by atoms with E-state index in [4.69, 9.17) is 20.8 Å². The minimum atomic E-state index is 0.371. The molecule has 20 heavy (non-hydrogen) atoms. The van der Waals surface area contributed by atoms with Crippen molar-refractivity contribution in [2.75, 3.05) is 7.11 Å². The van der Waals surface area contributed by atoms with E-state index in [1.807, 2.05) is 30.3 Å². The van der Waals surface area contributed by atoms with E-state index in [9.17, 15) is 0 Å². The molecule has 0 aliphatic rings. The Labute approximate surface area is 121 Å². The number of fused-ring (bicyclic) bond motifs is 1. The van der Waals surface area contributed by atoms with Crippen LogP contribution in [0, 0.1) is 0 Å². The van der Waals surface area contributed by atoms with Crippen molar-refractivity contribution in [3.05, 3.63) is 48.2 Å². The van der Waals surface area contributed by atoms with Gasteiger partial charge >= 0.3 is 0 Å². The van der Waals surface area contributed by atoms with Gasteiger partial charge in [-0.25, -0.2) is 4.98 Å². The quantitative estimate of drug-likeness (QED) is 0.674. The summed E-state index contributed by atoms with van der Waals surface area (Å²) in [5.74, 6) is 2.94. The molecule has 3 aromatic rings. The zero-order valence-electron chi connectivity index (χ0n) is 11.2. The Morgan fingerprint density at radius 1 is 1.30 bits per heavy atom. The van der Waals surface area contributed by atoms with Crippen LogP contribution in [0.3, 0.4) is 0 Å². The van der Waals surface area contributed by atoms with Gasteiger partial charge in [0.25, 0.3) is 0 Å². The van der Waals surface area contributed by atoms with Crippen molar-refractivity contribution in [1.29, 1.82) is 0 Å². The first-order valence-corrected chi connectivity index (χ1v) is 6.97. The maximum Gasteiger partial charge on any atom is 0.146 e. The topological polar surface area (TPSA) is 40.2 Å². The number of para-hydroxylation sites is 1. The third-order valence-electron chi connectivity index (χ3n) is 3.32. The highest BCUT2D eigenvalue weighted by molar-refractivity contribution is 6.16. The highest BCUT2D eigenvalue weighted by Gasteiger charge is 2.13. The predicted molar refractivity (Wildman–Crippen MR) is 78.3 cm³/mol. The smallest absolute Gasteiger partial charge is 0.146 e. The minimum absolute atomic E-state index is 0.371. The number of ether oxygens (including phenoxy) is 1. The first-order valence-electron chi connectivity index (χ1n) is 6.44. The molecule has 5 heteroatoms. The number of alkyl halides is 1. The Bertz CT molecular complexity index is 704. The van der Waals surface area contributed by atoms with E-state index < -0.39 is 0 Å². The van der Waals surface area contributed by atoms with Crippen LogP contribution in [0.25, 0.3) is 11.0 Å². The fraction of sp³-hybridized carbons (Fsp3) is 0.267. The number of aryl methyl sites for hydroxylation is 2. The van der Waals surface area contributed by atoms with E-state index in [0.717, 1.165) is 41.3 Å². The SMILES string of the molecule is COc1cccc2c1nc(CCl)n2CCc1ccco1. The second-order valence-electron chi connectivity index (χ2n) is 4.47. The lowest BCUT2D eigenvalue weighted by Crippen LogP contribution is -2.04. The summed E-state index contributed by atoms with van der Waals surface area (Å²) in [7, 11) is 1.65. The number of benzene rings is 1. The standard InChI is InChI=1S/C15H15ClN2O2/c1-19-13-6-2-5-12-15(13)17-14(10-16)18(12)8-7-11-4-3-9-20-11/h2-6,9H,7-8,10H2,1H3. The highest BCUT2D eigenvalue weighted by atomic mass is 35.5. The van der Waals surface area contributed by atoms with Crippen molar-refractivity contribution in [2.24, 2.45) is 0 Å². The van der Waals surface area contributed by atoms with Gasteiger partial charge in [-0.3, -0.25) is 0 Å². The molecule has 0 saturated carbocycles. The van der Waals surface area contributed by atoms with Gasteiger partial charge in [-0.15, -0.1) is 11.6 Å². The zero-order chi connectivity index (χ0) is 13.9. The van der Waals surface area contributed by atoms with Crippen LogP contribution in [0.4, 0.5) is 0 Å². The van der Waals surface area contributed by atoms with Crippen LogP contribution in [0.1, 0.15) is 11.6 Å². The summed E-state index contributed by atoms with van der Waals surface area (Å²) in [5.41, 5.74) is 1.89. The number of hydrogen-bond donors (Lipinski definition) is 0. The zero-order valence-corrected chi connectivity index (χ0v) is 11.9. The molecule has 0 N–H and O–H groups in total. The van der Waals surface area contributed by atoms with Crippen LogP contribution in [0.15, 0.2) is 41.0 Å². The molecule has 4 nitrogen and oxygen atoms in total. The van der Waals surface area contributed by atoms with Gasteiger partial charge in [0.05, 0.1) is 24.8 Å². The Balaban J connectivity index is 1.99. The molecule has 0 atom stereocenters. The fourth-order valence-electron chi connectivity index (χ4n) is 2.36. The van der Waals surface area contributed by atoms with E-state index in [2.05, 4.69) is 9.55 Å². The van der Waals surface area contributed by atoms with Crippen molar-refractivity contribution >= 4 is 22.6 Å². The predicted octanol–water partition coefficient (Wildman–Crippen LogP) is 3.62. The summed E-state index contributed by atoms with van der Waals surface area (Å²) in [6.07, 6.45) is 2.49. The molecule has 3 rings (SSSR count). The monoisotopic (exact) mass is 290 g/mol. The van der Waals surface area contributed by atoms with Gasteiger partial charge in [-0.1, -0.05) is 6.07 Å². The summed E-state index contributed by atoms with van der Waals surface area (Å²) < 4.78 is 12.8. The Morgan fingerprint density at radius 2 is 2.20 bits per heavy atom. The van der Waals surface area contributed by atoms with Gasteiger partial charge in [0.1, 0.15) is 22.9 Å². The lowest BCUT2D eigenvalue weighted by Gasteiger charge is -2.06. The molecule has 104 valence electrons. The second kappa shape index (κ2) is 5.59. The van der Waals surface area contributed by atoms with Gasteiger partial charge in [-0.2, -0.15) is 0 Å². The molecular weight excluding hydrogens is 276 g/mol. The molecule has 0 aliphatic heterocycles. The number of rotatable bonds is 5. The van der Waals surface area contributed by atoms with Gasteiger partial charge in [0, 0.05) is 13.0 Å². The molecule has 2 heterocycles. The molecule has 0 radical (unpaired) electrons. The van der Waals surface area contributed by atoms with Crippen LogP contribution in [-0.2, 0) is 18.8 Å². The van der Waals surface area contributed by atoms with Crippen molar-refractivity contribution in [1.82, 2.24) is 9.55 Å². The van der Waals surface area contributed by atoms with E-state index in [0.29, 0.717) is 5.88 Å². The van der Waals surface area contributed by atoms with Gasteiger partial charge < -0.3 is 13.7 Å². The first kappa shape index (κ1) is 13.1. The summed E-state index contributed by atoms with van der Waals surface area (Å²) in [4.78, 5) is 4.58. The molecule has 1 aromatic carbocycles. The number of aromatic nitrogens is 2. The molecule has 0 bridgehead atoms. The van der Waals surface area contributed by atoms with E-state index in [1.165, 1.54) is 0 Å². The molecular formula is C15H15ClN2O2. The first-order chi connectivity index (χ1) is 9.83. The average molecular weight is 291 g/mol. The van der Waals surface area contributed by atoms with Crippen LogP contribution in [0.5, 0.6) is 5.75 Å². The van der Waals surface area contributed by atoms with Gasteiger partial charge in [0.2, 0.25) is 0 Å². The van der Waals surface area contributed by atoms with E-state index >= 15 is 0 Å². The molecule has 0 amide bonds. The largest absolute Gasteiger partial charge is 0.494 e. The van der Waals surface area contributed by atoms with Gasteiger partial charge in [-0.05, 0) is 24.3 Å². The average Bonchev–Trinajstić information content (AvgIpc) is 3.11. The Kier molecular flexibility index (Phi) is 3.65. The van der Waals surface area contributed by atoms with Crippen LogP contribution >= 0.6 is 11.6 Å². The summed E-state index contributed by atoms with van der Waals surface area (Å²) in [5, 5.41) is 0. The summed E-state index contributed by atoms with van der Waals surface area (Å²) in [6.45, 7) is 0.777. The van der Waals surface area contributed by atoms with Crippen LogP contribution in [-0.4, -0.2) is 16.7 Å². The highest BCUT2D eigenvalue weighted by Crippen LogP contribution is 2.26. The molecule has 0 saturated heterocycles. The van der Waals surface area contributed by atoms with Crippen molar-refractivity contribution in [3.63, 3.8) is 0 Å². The maximum atomic E-state index is 6.01. The van der Waals surface area contributed by atoms with Crippen molar-refractivity contribution < 1.29 is 9.15 Å². The number of halogens is 1. The van der Waals surface area contributed by atoms with Gasteiger partial charge in [0.15, 0.2) is 0 Å². The molecule has 0 fully saturated rings. The Hall–Kier alpha value is -1.94. The van der Waals surface area contributed by atoms with Crippen molar-refractivity contribution in [3.8, 4) is 5.75 Å². The number of nitrogens with zero attached hydrogens (tertiary/aromatic N) is 2. The lowest BCUT2D eigenvalue weighted by atomic mass is 10.2. The summed E-state index contributed by atoms with van der Waals surface area (Å²) in [6, 6.07) is 9.77. The minimum Gasteiger partial charge on any atom is -0.494 e. The molecule has 0 spiro atoms. The molecule has 0 aliphatic carbocycles. The second-order valence-corrected chi connectivity index (χ2v) is 4.74. The normalized spacial score (nSPS) is 11.1. The lowest BCUT2D eigenvalue weighted by molar-refractivity contribution is 0.419. The van der Waals surface area contributed by atoms with E-state index in [1.54, 1.807) is 13.4 Å². The molecule has 0 unspecified atom stereocenters. The fourth-order valence-corrected chi connectivity index (χ4v) is 2.57. The Morgan fingerprint density at radius 3 is 2.90 bits per heavy atom. The maximum absolute atomic E-state index is 6.01. The third-order valence-corrected chi connectivity index (χ3v) is 3.56. The van der Waals surface area contributed by atoms with Crippen molar-refractivity contribution in [2.45, 2.75) is 18.8 Å². The number of imidazole rings is 1. The number of methoxy groups -OCH3 is 1. The van der Waals surface area contributed by atoms with Crippen LogP contribution in [0.2, 0.25) is 0 Å². The van der Waals surface area contributed by atoms with E-state index in [-0.39, 0.29) is 0 Å². The van der Waals surface area contributed by atoms with Crippen LogP contribution < -0.4 is 4.74 Å². The number of hydrogen-bond acceptors (Lipinski definition) is 3. The summed E-state index contributed by atoms with van der Waals surface area (Å²) >= 11 is 6.01. The molecule has 2 aromatic heterocycles.